The highest BCUT2D eigenvalue weighted by Gasteiger charge is 2.37. The second-order valence-corrected chi connectivity index (χ2v) is 7.64. The first kappa shape index (κ1) is 23.4. The van der Waals surface area contributed by atoms with E-state index in [-0.39, 0.29) is 29.8 Å². The van der Waals surface area contributed by atoms with Crippen LogP contribution >= 0.6 is 0 Å². The smallest absolute Gasteiger partial charge is 0.419 e. The molecule has 2 atom stereocenters. The number of rotatable bonds is 5. The van der Waals surface area contributed by atoms with Gasteiger partial charge in [0.1, 0.15) is 6.10 Å². The lowest BCUT2D eigenvalue weighted by Crippen LogP contribution is -2.49. The van der Waals surface area contributed by atoms with E-state index in [0.717, 1.165) is 6.20 Å². The summed E-state index contributed by atoms with van der Waals surface area (Å²) in [6.07, 6.45) is -1.07. The molecule has 0 spiro atoms. The molecule has 0 aromatic carbocycles. The SMILES string of the molecule is COc1ccc(C(=O)N2C[C@H](Oc3nccc(C(F)(F)F)c3F)CC[C@H]2C)c(-n2nccn2)n1. The number of nitrogens with zero attached hydrogens (tertiary/aromatic N) is 6. The molecule has 0 aliphatic carbocycles. The average molecular weight is 480 g/mol. The lowest BCUT2D eigenvalue weighted by atomic mass is 10.00. The third-order valence-electron chi connectivity index (χ3n) is 5.44. The Bertz CT molecular complexity index is 1170. The van der Waals surface area contributed by atoms with Gasteiger partial charge in [-0.3, -0.25) is 4.79 Å². The van der Waals surface area contributed by atoms with Gasteiger partial charge in [0, 0.05) is 18.3 Å². The summed E-state index contributed by atoms with van der Waals surface area (Å²) >= 11 is 0. The Kier molecular flexibility index (Phi) is 6.35. The molecule has 180 valence electrons. The van der Waals surface area contributed by atoms with Gasteiger partial charge in [0.15, 0.2) is 11.6 Å². The number of carbonyl (C=O) groups excluding carboxylic acids is 1. The second-order valence-electron chi connectivity index (χ2n) is 7.64. The number of hydrogen-bond donors (Lipinski definition) is 0. The van der Waals surface area contributed by atoms with Crippen LogP contribution in [0.2, 0.25) is 0 Å². The number of halogens is 4. The van der Waals surface area contributed by atoms with E-state index in [1.807, 2.05) is 6.92 Å². The van der Waals surface area contributed by atoms with Crippen LogP contribution in [-0.4, -0.2) is 61.6 Å². The van der Waals surface area contributed by atoms with Gasteiger partial charge in [0.05, 0.1) is 37.2 Å². The minimum absolute atomic E-state index is 0.00930. The van der Waals surface area contributed by atoms with Crippen molar-refractivity contribution in [3.05, 3.63) is 53.7 Å². The summed E-state index contributed by atoms with van der Waals surface area (Å²) in [4.78, 5) is 24.0. The number of aromatic nitrogens is 5. The Balaban J connectivity index is 1.59. The highest BCUT2D eigenvalue weighted by molar-refractivity contribution is 5.97. The van der Waals surface area contributed by atoms with E-state index < -0.39 is 35.4 Å². The first-order valence-corrected chi connectivity index (χ1v) is 10.3. The van der Waals surface area contributed by atoms with Crippen molar-refractivity contribution in [2.45, 2.75) is 38.1 Å². The molecular formula is C21H20F4N6O3. The van der Waals surface area contributed by atoms with Crippen molar-refractivity contribution in [2.75, 3.05) is 13.7 Å². The van der Waals surface area contributed by atoms with Crippen molar-refractivity contribution in [3.8, 4) is 17.6 Å². The number of alkyl halides is 3. The molecule has 0 bridgehead atoms. The summed E-state index contributed by atoms with van der Waals surface area (Å²) in [5.74, 6) is -2.36. The molecule has 0 saturated carbocycles. The maximum atomic E-state index is 14.4. The first-order valence-electron chi connectivity index (χ1n) is 10.3. The number of methoxy groups -OCH3 is 1. The van der Waals surface area contributed by atoms with E-state index >= 15 is 0 Å². The molecule has 1 amide bonds. The Morgan fingerprint density at radius 2 is 1.85 bits per heavy atom. The molecule has 1 aliphatic rings. The number of likely N-dealkylation sites (tertiary alicyclic amines) is 1. The molecule has 9 nitrogen and oxygen atoms in total. The Morgan fingerprint density at radius 3 is 2.53 bits per heavy atom. The Morgan fingerprint density at radius 1 is 1.12 bits per heavy atom. The zero-order chi connectivity index (χ0) is 24.5. The van der Waals surface area contributed by atoms with E-state index in [1.165, 1.54) is 41.3 Å². The van der Waals surface area contributed by atoms with Gasteiger partial charge < -0.3 is 14.4 Å². The minimum atomic E-state index is -4.88. The van der Waals surface area contributed by atoms with Crippen LogP contribution in [0.25, 0.3) is 5.82 Å². The molecule has 13 heteroatoms. The number of hydrogen-bond acceptors (Lipinski definition) is 7. The van der Waals surface area contributed by atoms with Crippen molar-refractivity contribution >= 4 is 5.91 Å². The number of carbonyl (C=O) groups is 1. The van der Waals surface area contributed by atoms with Crippen LogP contribution in [0.1, 0.15) is 35.7 Å². The number of ether oxygens (including phenoxy) is 2. The average Bonchev–Trinajstić information content (AvgIpc) is 3.35. The van der Waals surface area contributed by atoms with E-state index in [0.29, 0.717) is 18.9 Å². The van der Waals surface area contributed by atoms with E-state index in [1.54, 1.807) is 0 Å². The summed E-state index contributed by atoms with van der Waals surface area (Å²) in [6.45, 7) is 1.84. The normalized spacial score (nSPS) is 18.6. The quantitative estimate of drug-likeness (QED) is 0.517. The fourth-order valence-electron chi connectivity index (χ4n) is 3.68. The topological polar surface area (TPSA) is 95.3 Å². The summed E-state index contributed by atoms with van der Waals surface area (Å²) in [6, 6.07) is 3.37. The van der Waals surface area contributed by atoms with Crippen LogP contribution in [0.3, 0.4) is 0 Å². The van der Waals surface area contributed by atoms with Crippen molar-refractivity contribution in [1.29, 1.82) is 0 Å². The van der Waals surface area contributed by atoms with Gasteiger partial charge in [0.25, 0.3) is 11.8 Å². The lowest BCUT2D eigenvalue weighted by molar-refractivity contribution is -0.140. The zero-order valence-electron chi connectivity index (χ0n) is 18.2. The molecule has 4 heterocycles. The maximum Gasteiger partial charge on any atom is 0.419 e. The Labute approximate surface area is 191 Å². The van der Waals surface area contributed by atoms with Crippen LogP contribution in [0, 0.1) is 5.82 Å². The summed E-state index contributed by atoms with van der Waals surface area (Å²) in [5, 5.41) is 8.06. The third-order valence-corrected chi connectivity index (χ3v) is 5.44. The molecule has 0 unspecified atom stereocenters. The van der Waals surface area contributed by atoms with Crippen LogP contribution in [0.4, 0.5) is 17.6 Å². The highest BCUT2D eigenvalue weighted by Crippen LogP contribution is 2.34. The van der Waals surface area contributed by atoms with Gasteiger partial charge in [-0.15, -0.1) is 4.80 Å². The number of piperidine rings is 1. The first-order chi connectivity index (χ1) is 16.2. The number of amides is 1. The standard InChI is InChI=1S/C21H20F4N6O3/c1-12-3-4-13(34-19-17(22)15(7-8-26-19)21(23,24)25)11-30(12)20(32)14-5-6-16(33-2)29-18(14)31-27-9-10-28-31/h5-10,12-13H,3-4,11H2,1-2H3/t12-,13-/m1/s1. The number of pyridine rings is 2. The Hall–Kier alpha value is -3.77. The van der Waals surface area contributed by atoms with Crippen molar-refractivity contribution in [2.24, 2.45) is 0 Å². The van der Waals surface area contributed by atoms with Gasteiger partial charge in [0.2, 0.25) is 5.88 Å². The fraction of sp³-hybridized carbons (Fsp3) is 0.381. The molecule has 0 radical (unpaired) electrons. The molecular weight excluding hydrogens is 460 g/mol. The van der Waals surface area contributed by atoms with Crippen LogP contribution < -0.4 is 9.47 Å². The predicted molar refractivity (Wildman–Crippen MR) is 109 cm³/mol. The van der Waals surface area contributed by atoms with Gasteiger partial charge in [-0.25, -0.2) is 9.37 Å². The van der Waals surface area contributed by atoms with Crippen molar-refractivity contribution in [1.82, 2.24) is 29.9 Å². The van der Waals surface area contributed by atoms with Gasteiger partial charge in [-0.2, -0.15) is 28.4 Å². The second kappa shape index (κ2) is 9.23. The van der Waals surface area contributed by atoms with Crippen LogP contribution in [0.15, 0.2) is 36.8 Å². The van der Waals surface area contributed by atoms with Crippen LogP contribution in [0.5, 0.6) is 11.8 Å². The van der Waals surface area contributed by atoms with Crippen molar-refractivity contribution < 1.29 is 31.8 Å². The molecule has 1 aliphatic heterocycles. The van der Waals surface area contributed by atoms with E-state index in [4.69, 9.17) is 9.47 Å². The molecule has 1 fully saturated rings. The molecule has 3 aromatic heterocycles. The summed E-state index contributed by atoms with van der Waals surface area (Å²) in [7, 11) is 1.43. The molecule has 34 heavy (non-hydrogen) atoms. The molecule has 0 N–H and O–H groups in total. The lowest BCUT2D eigenvalue weighted by Gasteiger charge is -2.38. The highest BCUT2D eigenvalue weighted by atomic mass is 19.4. The van der Waals surface area contributed by atoms with Gasteiger partial charge in [-0.1, -0.05) is 0 Å². The van der Waals surface area contributed by atoms with Gasteiger partial charge >= 0.3 is 6.18 Å². The van der Waals surface area contributed by atoms with Crippen molar-refractivity contribution in [3.63, 3.8) is 0 Å². The van der Waals surface area contributed by atoms with Gasteiger partial charge in [-0.05, 0) is 31.9 Å². The monoisotopic (exact) mass is 480 g/mol. The third kappa shape index (κ3) is 4.63. The minimum Gasteiger partial charge on any atom is -0.481 e. The summed E-state index contributed by atoms with van der Waals surface area (Å²) in [5.41, 5.74) is -1.27. The predicted octanol–water partition coefficient (Wildman–Crippen LogP) is 3.30. The molecule has 4 rings (SSSR count). The largest absolute Gasteiger partial charge is 0.481 e. The summed E-state index contributed by atoms with van der Waals surface area (Å²) < 4.78 is 64.1. The maximum absolute atomic E-state index is 14.4. The van der Waals surface area contributed by atoms with E-state index in [9.17, 15) is 22.4 Å². The molecule has 1 saturated heterocycles. The van der Waals surface area contributed by atoms with Crippen LogP contribution in [-0.2, 0) is 6.18 Å². The zero-order valence-corrected chi connectivity index (χ0v) is 18.2. The molecule has 3 aromatic rings. The fourth-order valence-corrected chi connectivity index (χ4v) is 3.68. The van der Waals surface area contributed by atoms with E-state index in [2.05, 4.69) is 20.2 Å².